The van der Waals surface area contributed by atoms with E-state index in [4.69, 9.17) is 14.7 Å². The Morgan fingerprint density at radius 3 is 2.78 bits per heavy atom. The van der Waals surface area contributed by atoms with Crippen molar-refractivity contribution in [1.29, 1.82) is 5.26 Å². The van der Waals surface area contributed by atoms with Crippen LogP contribution in [0.3, 0.4) is 0 Å². The van der Waals surface area contributed by atoms with E-state index in [0.717, 1.165) is 10.8 Å². The maximum absolute atomic E-state index is 12.2. The minimum atomic E-state index is -0.330. The van der Waals surface area contributed by atoms with E-state index in [1.165, 1.54) is 0 Å². The predicted molar refractivity (Wildman–Crippen MR) is 103 cm³/mol. The molecule has 0 unspecified atom stereocenters. The number of fused-ring (bicyclic) bond motifs is 1. The zero-order valence-corrected chi connectivity index (χ0v) is 14.7. The van der Waals surface area contributed by atoms with Gasteiger partial charge >= 0.3 is 0 Å². The molecule has 27 heavy (non-hydrogen) atoms. The number of nitrogens with one attached hydrogen (secondary N) is 1. The van der Waals surface area contributed by atoms with Gasteiger partial charge < -0.3 is 14.8 Å². The molecule has 0 saturated heterocycles. The van der Waals surface area contributed by atoms with Gasteiger partial charge in [-0.2, -0.15) is 5.26 Å². The van der Waals surface area contributed by atoms with Gasteiger partial charge in [0.25, 0.3) is 5.91 Å². The van der Waals surface area contributed by atoms with E-state index >= 15 is 0 Å². The Morgan fingerprint density at radius 2 is 1.93 bits per heavy atom. The quantitative estimate of drug-likeness (QED) is 0.615. The first-order valence-corrected chi connectivity index (χ1v) is 8.62. The number of aromatic nitrogens is 1. The largest absolute Gasteiger partial charge is 0.490 e. The zero-order valence-electron chi connectivity index (χ0n) is 14.7. The maximum Gasteiger partial charge on any atom is 0.263 e. The molecule has 0 saturated carbocycles. The second kappa shape index (κ2) is 9.20. The van der Waals surface area contributed by atoms with Crippen molar-refractivity contribution >= 4 is 22.5 Å². The minimum absolute atomic E-state index is 0.136. The number of benzene rings is 2. The van der Waals surface area contributed by atoms with Crippen LogP contribution in [-0.2, 0) is 4.79 Å². The number of ether oxygens (including phenoxy) is 2. The summed E-state index contributed by atoms with van der Waals surface area (Å²) in [4.78, 5) is 16.3. The van der Waals surface area contributed by atoms with Crippen LogP contribution in [0.1, 0.15) is 12.8 Å². The number of carbonyl (C=O) groups is 1. The van der Waals surface area contributed by atoms with E-state index in [-0.39, 0.29) is 12.5 Å². The third-order valence-electron chi connectivity index (χ3n) is 3.81. The van der Waals surface area contributed by atoms with E-state index in [1.807, 2.05) is 42.5 Å². The van der Waals surface area contributed by atoms with Crippen molar-refractivity contribution in [3.05, 3.63) is 60.8 Å². The first-order valence-electron chi connectivity index (χ1n) is 8.62. The van der Waals surface area contributed by atoms with Crippen molar-refractivity contribution in [2.45, 2.75) is 12.8 Å². The van der Waals surface area contributed by atoms with Gasteiger partial charge in [-0.25, -0.2) is 4.98 Å². The van der Waals surface area contributed by atoms with Gasteiger partial charge in [-0.15, -0.1) is 0 Å². The lowest BCUT2D eigenvalue weighted by Gasteiger charge is -2.11. The third kappa shape index (κ3) is 5.19. The van der Waals surface area contributed by atoms with Gasteiger partial charge in [0.15, 0.2) is 18.2 Å². The summed E-state index contributed by atoms with van der Waals surface area (Å²) >= 11 is 0. The van der Waals surface area contributed by atoms with Crippen molar-refractivity contribution in [2.24, 2.45) is 0 Å². The summed E-state index contributed by atoms with van der Waals surface area (Å²) in [5, 5.41) is 13.4. The van der Waals surface area contributed by atoms with Gasteiger partial charge in [-0.1, -0.05) is 30.3 Å². The van der Waals surface area contributed by atoms with Crippen molar-refractivity contribution < 1.29 is 14.3 Å². The second-order valence-corrected chi connectivity index (χ2v) is 5.81. The standard InChI is InChI=1S/C21H19N3O3/c22-11-3-4-13-26-19-8-5-12-23-21(19)24-20(25)15-27-18-10-9-16-6-1-2-7-17(16)14-18/h1-2,5-10,12,14H,3-4,13,15H2,(H,23,24,25). The first kappa shape index (κ1) is 18.2. The Hall–Kier alpha value is -3.59. The number of hydrogen-bond acceptors (Lipinski definition) is 5. The summed E-state index contributed by atoms with van der Waals surface area (Å²) in [6.07, 6.45) is 2.60. The van der Waals surface area contributed by atoms with Crippen LogP contribution >= 0.6 is 0 Å². The number of nitrogens with zero attached hydrogens (tertiary/aromatic N) is 2. The van der Waals surface area contributed by atoms with Crippen LogP contribution in [0.5, 0.6) is 11.5 Å². The molecule has 0 fully saturated rings. The number of rotatable bonds is 8. The molecular formula is C21H19N3O3. The van der Waals surface area contributed by atoms with Gasteiger partial charge in [0.2, 0.25) is 0 Å². The molecule has 0 radical (unpaired) electrons. The number of pyridine rings is 1. The molecule has 0 bridgehead atoms. The minimum Gasteiger partial charge on any atom is -0.490 e. The molecule has 1 heterocycles. The number of carbonyl (C=O) groups excluding carboxylic acids is 1. The number of unbranched alkanes of at least 4 members (excludes halogenated alkanes) is 1. The van der Waals surface area contributed by atoms with E-state index < -0.39 is 0 Å². The second-order valence-electron chi connectivity index (χ2n) is 5.81. The fraction of sp³-hybridized carbons (Fsp3) is 0.190. The Morgan fingerprint density at radius 1 is 1.07 bits per heavy atom. The molecule has 2 aromatic carbocycles. The summed E-state index contributed by atoms with van der Waals surface area (Å²) in [5.74, 6) is 1.10. The molecule has 136 valence electrons. The van der Waals surface area contributed by atoms with Crippen LogP contribution in [0.4, 0.5) is 5.82 Å². The SMILES string of the molecule is N#CCCCOc1cccnc1NC(=O)COc1ccc2ccccc2c1. The van der Waals surface area contributed by atoms with Crippen LogP contribution in [0, 0.1) is 11.3 Å². The summed E-state index contributed by atoms with van der Waals surface area (Å²) < 4.78 is 11.2. The summed E-state index contributed by atoms with van der Waals surface area (Å²) in [6.45, 7) is 0.249. The number of hydrogen-bond donors (Lipinski definition) is 1. The molecule has 1 aromatic heterocycles. The van der Waals surface area contributed by atoms with Crippen LogP contribution in [-0.4, -0.2) is 24.1 Å². The Balaban J connectivity index is 1.56. The van der Waals surface area contributed by atoms with Crippen LogP contribution < -0.4 is 14.8 Å². The summed E-state index contributed by atoms with van der Waals surface area (Å²) in [7, 11) is 0. The fourth-order valence-electron chi connectivity index (χ4n) is 2.51. The van der Waals surface area contributed by atoms with Gasteiger partial charge in [-0.05, 0) is 41.5 Å². The number of anilines is 1. The molecule has 1 amide bonds. The van der Waals surface area contributed by atoms with E-state index in [0.29, 0.717) is 36.8 Å². The Bertz CT molecular complexity index is 966. The van der Waals surface area contributed by atoms with Crippen LogP contribution in [0.25, 0.3) is 10.8 Å². The average Bonchev–Trinajstić information content (AvgIpc) is 2.70. The van der Waals surface area contributed by atoms with Crippen molar-refractivity contribution in [1.82, 2.24) is 4.98 Å². The molecular weight excluding hydrogens is 342 g/mol. The maximum atomic E-state index is 12.2. The summed E-state index contributed by atoms with van der Waals surface area (Å²) in [6, 6.07) is 19.1. The van der Waals surface area contributed by atoms with Crippen molar-refractivity contribution in [3.63, 3.8) is 0 Å². The summed E-state index contributed by atoms with van der Waals surface area (Å²) in [5.41, 5.74) is 0. The van der Waals surface area contributed by atoms with Crippen molar-refractivity contribution in [3.8, 4) is 17.6 Å². The molecule has 1 N–H and O–H groups in total. The highest BCUT2D eigenvalue weighted by Crippen LogP contribution is 2.22. The fourth-order valence-corrected chi connectivity index (χ4v) is 2.51. The van der Waals surface area contributed by atoms with Gasteiger partial charge in [0, 0.05) is 12.6 Å². The lowest BCUT2D eigenvalue weighted by atomic mass is 10.1. The molecule has 3 rings (SSSR count). The third-order valence-corrected chi connectivity index (χ3v) is 3.81. The van der Waals surface area contributed by atoms with E-state index in [2.05, 4.69) is 16.4 Å². The van der Waals surface area contributed by atoms with Crippen LogP contribution in [0.2, 0.25) is 0 Å². The monoisotopic (exact) mass is 361 g/mol. The number of amides is 1. The first-order chi connectivity index (χ1) is 13.3. The Labute approximate surface area is 157 Å². The molecule has 6 heteroatoms. The van der Waals surface area contributed by atoms with Crippen molar-refractivity contribution in [2.75, 3.05) is 18.5 Å². The lowest BCUT2D eigenvalue weighted by Crippen LogP contribution is -2.21. The normalized spacial score (nSPS) is 10.2. The predicted octanol–water partition coefficient (Wildman–Crippen LogP) is 3.93. The molecule has 0 spiro atoms. The molecule has 0 aliphatic rings. The van der Waals surface area contributed by atoms with Gasteiger partial charge in [0.1, 0.15) is 5.75 Å². The topological polar surface area (TPSA) is 84.2 Å². The van der Waals surface area contributed by atoms with Crippen LogP contribution in [0.15, 0.2) is 60.8 Å². The highest BCUT2D eigenvalue weighted by atomic mass is 16.5. The highest BCUT2D eigenvalue weighted by Gasteiger charge is 2.10. The molecule has 0 aliphatic carbocycles. The molecule has 3 aromatic rings. The average molecular weight is 361 g/mol. The van der Waals surface area contributed by atoms with Gasteiger partial charge in [0.05, 0.1) is 12.7 Å². The Kier molecular flexibility index (Phi) is 6.21. The van der Waals surface area contributed by atoms with E-state index in [9.17, 15) is 4.79 Å². The smallest absolute Gasteiger partial charge is 0.263 e. The molecule has 0 atom stereocenters. The zero-order chi connectivity index (χ0) is 18.9. The van der Waals surface area contributed by atoms with Gasteiger partial charge in [-0.3, -0.25) is 4.79 Å². The molecule has 0 aliphatic heterocycles. The highest BCUT2D eigenvalue weighted by molar-refractivity contribution is 5.92. The number of nitriles is 1. The lowest BCUT2D eigenvalue weighted by molar-refractivity contribution is -0.118. The van der Waals surface area contributed by atoms with E-state index in [1.54, 1.807) is 18.3 Å². The molecule has 6 nitrogen and oxygen atoms in total.